The highest BCUT2D eigenvalue weighted by Gasteiger charge is 2.17. The van der Waals surface area contributed by atoms with Crippen LogP contribution < -0.4 is 10.5 Å². The van der Waals surface area contributed by atoms with Crippen molar-refractivity contribution in [3.63, 3.8) is 0 Å². The number of halogens is 2. The van der Waals surface area contributed by atoms with Gasteiger partial charge < -0.3 is 10.5 Å². The van der Waals surface area contributed by atoms with Gasteiger partial charge in [-0.2, -0.15) is 0 Å². The molecular formula is C15H14Cl2N2O. The predicted octanol–water partition coefficient (Wildman–Crippen LogP) is 4.13. The van der Waals surface area contributed by atoms with Gasteiger partial charge in [0.25, 0.3) is 0 Å². The Morgan fingerprint density at radius 1 is 1.15 bits per heavy atom. The second-order valence-corrected chi connectivity index (χ2v) is 5.61. The fourth-order valence-corrected chi connectivity index (χ4v) is 2.68. The molecule has 1 aromatic heterocycles. The van der Waals surface area contributed by atoms with Crippen LogP contribution in [0.1, 0.15) is 23.2 Å². The molecule has 0 unspecified atom stereocenters. The largest absolute Gasteiger partial charge is 0.439 e. The molecule has 1 aliphatic rings. The predicted molar refractivity (Wildman–Crippen MR) is 80.7 cm³/mol. The summed E-state index contributed by atoms with van der Waals surface area (Å²) in [6.07, 6.45) is 3.21. The van der Waals surface area contributed by atoms with Crippen molar-refractivity contribution < 1.29 is 4.74 Å². The summed E-state index contributed by atoms with van der Waals surface area (Å²) in [4.78, 5) is 4.59. The Hall–Kier alpha value is -1.29. The lowest BCUT2D eigenvalue weighted by Gasteiger charge is -2.12. The van der Waals surface area contributed by atoms with Crippen LogP contribution in [0.2, 0.25) is 10.0 Å². The maximum absolute atomic E-state index is 5.99. The molecule has 0 bridgehead atoms. The molecule has 0 fully saturated rings. The highest BCUT2D eigenvalue weighted by atomic mass is 35.5. The number of hydrogen-bond acceptors (Lipinski definition) is 3. The summed E-state index contributed by atoms with van der Waals surface area (Å²) < 4.78 is 5.83. The second kappa shape index (κ2) is 5.60. The van der Waals surface area contributed by atoms with E-state index in [-0.39, 0.29) is 0 Å². The molecule has 5 heteroatoms. The maximum Gasteiger partial charge on any atom is 0.223 e. The first-order valence-electron chi connectivity index (χ1n) is 6.52. The van der Waals surface area contributed by atoms with Gasteiger partial charge in [-0.15, -0.1) is 0 Å². The van der Waals surface area contributed by atoms with Gasteiger partial charge in [0.15, 0.2) is 0 Å². The molecule has 2 N–H and O–H groups in total. The van der Waals surface area contributed by atoms with Gasteiger partial charge in [-0.05, 0) is 43.0 Å². The van der Waals surface area contributed by atoms with Crippen LogP contribution in [0.5, 0.6) is 11.6 Å². The molecule has 1 aromatic carbocycles. The van der Waals surface area contributed by atoms with Crippen molar-refractivity contribution in [2.45, 2.75) is 25.8 Å². The minimum Gasteiger partial charge on any atom is -0.439 e. The lowest BCUT2D eigenvalue weighted by atomic mass is 10.1. The molecule has 0 saturated heterocycles. The lowest BCUT2D eigenvalue weighted by molar-refractivity contribution is 0.454. The monoisotopic (exact) mass is 308 g/mol. The normalized spacial score (nSPS) is 13.3. The second-order valence-electron chi connectivity index (χ2n) is 4.79. The fraction of sp³-hybridized carbons (Fsp3) is 0.267. The molecule has 20 heavy (non-hydrogen) atoms. The molecule has 3 rings (SSSR count). The Morgan fingerprint density at radius 2 is 2.00 bits per heavy atom. The van der Waals surface area contributed by atoms with E-state index in [9.17, 15) is 0 Å². The Bertz CT molecular complexity index is 659. The van der Waals surface area contributed by atoms with E-state index in [1.807, 2.05) is 0 Å². The first-order chi connectivity index (χ1) is 9.67. The van der Waals surface area contributed by atoms with Crippen molar-refractivity contribution in [2.24, 2.45) is 5.73 Å². The summed E-state index contributed by atoms with van der Waals surface area (Å²) in [5.41, 5.74) is 9.09. The Morgan fingerprint density at radius 3 is 2.75 bits per heavy atom. The molecule has 0 saturated carbocycles. The zero-order valence-corrected chi connectivity index (χ0v) is 12.3. The average molecular weight is 309 g/mol. The van der Waals surface area contributed by atoms with Crippen LogP contribution in [0, 0.1) is 0 Å². The van der Waals surface area contributed by atoms with Crippen LogP contribution >= 0.6 is 23.2 Å². The van der Waals surface area contributed by atoms with Crippen LogP contribution in [0.25, 0.3) is 0 Å². The lowest BCUT2D eigenvalue weighted by Crippen LogP contribution is -2.04. The molecule has 2 aromatic rings. The zero-order valence-electron chi connectivity index (χ0n) is 10.8. The summed E-state index contributed by atoms with van der Waals surface area (Å²) in [7, 11) is 0. The van der Waals surface area contributed by atoms with E-state index in [1.165, 1.54) is 5.56 Å². The number of fused-ring (bicyclic) bond motifs is 1. The van der Waals surface area contributed by atoms with E-state index < -0.39 is 0 Å². The van der Waals surface area contributed by atoms with Gasteiger partial charge in [0.05, 0.1) is 10.0 Å². The van der Waals surface area contributed by atoms with Gasteiger partial charge in [-0.25, -0.2) is 4.98 Å². The smallest absolute Gasteiger partial charge is 0.223 e. The summed E-state index contributed by atoms with van der Waals surface area (Å²) >= 11 is 11.9. The SMILES string of the molecule is NCc1cc2c(nc1Oc1ccc(Cl)c(Cl)c1)CCC2. The van der Waals surface area contributed by atoms with E-state index in [4.69, 9.17) is 33.7 Å². The van der Waals surface area contributed by atoms with Gasteiger partial charge >= 0.3 is 0 Å². The molecule has 0 spiro atoms. The van der Waals surface area contributed by atoms with Crippen LogP contribution in [-0.2, 0) is 19.4 Å². The molecule has 0 aliphatic heterocycles. The molecule has 3 nitrogen and oxygen atoms in total. The number of aryl methyl sites for hydroxylation is 2. The van der Waals surface area contributed by atoms with Crippen molar-refractivity contribution in [3.8, 4) is 11.6 Å². The third-order valence-corrected chi connectivity index (χ3v) is 4.15. The number of hydrogen-bond donors (Lipinski definition) is 1. The van der Waals surface area contributed by atoms with Crippen LogP contribution in [-0.4, -0.2) is 4.98 Å². The van der Waals surface area contributed by atoms with Gasteiger partial charge in [0.1, 0.15) is 5.75 Å². The van der Waals surface area contributed by atoms with Gasteiger partial charge in [-0.1, -0.05) is 23.2 Å². The molecule has 0 atom stereocenters. The summed E-state index contributed by atoms with van der Waals surface area (Å²) in [5, 5.41) is 0.958. The van der Waals surface area contributed by atoms with Crippen molar-refractivity contribution in [1.29, 1.82) is 0 Å². The van der Waals surface area contributed by atoms with Gasteiger partial charge in [0.2, 0.25) is 5.88 Å². The highest BCUT2D eigenvalue weighted by molar-refractivity contribution is 6.42. The first-order valence-corrected chi connectivity index (χ1v) is 7.27. The third-order valence-electron chi connectivity index (χ3n) is 3.42. The van der Waals surface area contributed by atoms with Crippen molar-refractivity contribution in [1.82, 2.24) is 4.98 Å². The fourth-order valence-electron chi connectivity index (χ4n) is 2.39. The standard InChI is InChI=1S/C15H14Cl2N2O/c16-12-5-4-11(7-13(12)17)20-15-10(8-18)6-9-2-1-3-14(9)19-15/h4-7H,1-3,8,18H2. The van der Waals surface area contributed by atoms with Crippen LogP contribution in [0.3, 0.4) is 0 Å². The Kier molecular flexibility index (Phi) is 3.83. The average Bonchev–Trinajstić information content (AvgIpc) is 2.89. The van der Waals surface area contributed by atoms with E-state index in [1.54, 1.807) is 18.2 Å². The van der Waals surface area contributed by atoms with Gasteiger partial charge in [-0.3, -0.25) is 0 Å². The topological polar surface area (TPSA) is 48.1 Å². The maximum atomic E-state index is 5.99. The van der Waals surface area contributed by atoms with Crippen LogP contribution in [0.4, 0.5) is 0 Å². The number of rotatable bonds is 3. The molecule has 0 radical (unpaired) electrons. The number of benzene rings is 1. The highest BCUT2D eigenvalue weighted by Crippen LogP contribution is 2.32. The molecule has 0 amide bonds. The van der Waals surface area contributed by atoms with E-state index in [2.05, 4.69) is 11.1 Å². The van der Waals surface area contributed by atoms with Gasteiger partial charge in [0, 0.05) is 23.9 Å². The van der Waals surface area contributed by atoms with Crippen molar-refractivity contribution in [3.05, 3.63) is 51.1 Å². The quantitative estimate of drug-likeness (QED) is 0.927. The number of aromatic nitrogens is 1. The summed E-state index contributed by atoms with van der Waals surface area (Å²) in [6.45, 7) is 0.400. The molecule has 1 heterocycles. The minimum absolute atomic E-state index is 0.400. The first kappa shape index (κ1) is 13.7. The van der Waals surface area contributed by atoms with Crippen molar-refractivity contribution in [2.75, 3.05) is 0 Å². The minimum atomic E-state index is 0.400. The zero-order chi connectivity index (χ0) is 14.1. The van der Waals surface area contributed by atoms with Crippen LogP contribution in [0.15, 0.2) is 24.3 Å². The molecular weight excluding hydrogens is 295 g/mol. The van der Waals surface area contributed by atoms with E-state index in [0.717, 1.165) is 30.5 Å². The van der Waals surface area contributed by atoms with E-state index in [0.29, 0.717) is 28.2 Å². The number of ether oxygens (including phenoxy) is 1. The summed E-state index contributed by atoms with van der Waals surface area (Å²) in [6, 6.07) is 7.25. The number of nitrogens with two attached hydrogens (primary N) is 1. The number of pyridine rings is 1. The Balaban J connectivity index is 1.95. The van der Waals surface area contributed by atoms with Crippen molar-refractivity contribution >= 4 is 23.2 Å². The third kappa shape index (κ3) is 2.62. The number of nitrogens with zero attached hydrogens (tertiary/aromatic N) is 1. The molecule has 104 valence electrons. The van der Waals surface area contributed by atoms with E-state index >= 15 is 0 Å². The summed E-state index contributed by atoms with van der Waals surface area (Å²) in [5.74, 6) is 1.17. The molecule has 1 aliphatic carbocycles. The Labute approximate surface area is 127 Å².